The van der Waals surface area contributed by atoms with Crippen molar-refractivity contribution >= 4 is 29.9 Å². The second-order valence-corrected chi connectivity index (χ2v) is 6.78. The summed E-state index contributed by atoms with van der Waals surface area (Å²) >= 11 is 0. The van der Waals surface area contributed by atoms with Crippen LogP contribution in [0.1, 0.15) is 31.2 Å². The van der Waals surface area contributed by atoms with Gasteiger partial charge in [0, 0.05) is 39.1 Å². The molecule has 7 heteroatoms. The fraction of sp³-hybridized carbons (Fsp3) is 0.476. The standard InChI is InChI=1S/C21H30N4O2.HI/c1-22-21(23-11-14-25-12-5-6-13-25)24-16-17-9-10-19(20(15-17)26-2)27-18-7-3-4-8-18;/h5-6,9-10,12-13,15,18H,3-4,7-8,11,14,16H2,1-2H3,(H2,22,23,24);1H. The summed E-state index contributed by atoms with van der Waals surface area (Å²) < 4.78 is 13.8. The van der Waals surface area contributed by atoms with E-state index in [-0.39, 0.29) is 24.0 Å². The molecule has 2 N–H and O–H groups in total. The number of nitrogens with zero attached hydrogens (tertiary/aromatic N) is 2. The molecular formula is C21H31IN4O2. The number of halogens is 1. The number of guanidine groups is 1. The summed E-state index contributed by atoms with van der Waals surface area (Å²) in [7, 11) is 3.47. The maximum atomic E-state index is 6.10. The monoisotopic (exact) mass is 498 g/mol. The highest BCUT2D eigenvalue weighted by atomic mass is 127. The topological polar surface area (TPSA) is 59.8 Å². The van der Waals surface area contributed by atoms with Gasteiger partial charge in [0.05, 0.1) is 13.2 Å². The number of aliphatic imine (C=N–C) groups is 1. The Kier molecular flexibility index (Phi) is 9.46. The third-order valence-corrected chi connectivity index (χ3v) is 4.84. The number of nitrogens with one attached hydrogen (secondary N) is 2. The van der Waals surface area contributed by atoms with E-state index in [1.807, 2.05) is 24.3 Å². The zero-order chi connectivity index (χ0) is 18.9. The van der Waals surface area contributed by atoms with Gasteiger partial charge in [-0.1, -0.05) is 6.07 Å². The van der Waals surface area contributed by atoms with Crippen LogP contribution in [-0.4, -0.2) is 37.3 Å². The van der Waals surface area contributed by atoms with Gasteiger partial charge >= 0.3 is 0 Å². The fourth-order valence-electron chi connectivity index (χ4n) is 3.33. The molecule has 154 valence electrons. The van der Waals surface area contributed by atoms with Crippen molar-refractivity contribution in [2.24, 2.45) is 4.99 Å². The Hall–Kier alpha value is -1.90. The Morgan fingerprint density at radius 1 is 1.14 bits per heavy atom. The minimum atomic E-state index is 0. The predicted octanol–water partition coefficient (Wildman–Crippen LogP) is 3.80. The Balaban J connectivity index is 0.00000280. The van der Waals surface area contributed by atoms with Gasteiger partial charge in [-0.25, -0.2) is 0 Å². The van der Waals surface area contributed by atoms with Crippen LogP contribution in [0.2, 0.25) is 0 Å². The zero-order valence-corrected chi connectivity index (χ0v) is 19.0. The van der Waals surface area contributed by atoms with E-state index in [1.54, 1.807) is 14.2 Å². The molecule has 2 aromatic rings. The molecule has 1 aromatic heterocycles. The minimum Gasteiger partial charge on any atom is -0.493 e. The van der Waals surface area contributed by atoms with E-state index in [9.17, 15) is 0 Å². The first-order valence-electron chi connectivity index (χ1n) is 9.67. The molecule has 1 aliphatic rings. The van der Waals surface area contributed by atoms with Crippen LogP contribution in [0.25, 0.3) is 0 Å². The normalized spacial score (nSPS) is 14.4. The van der Waals surface area contributed by atoms with Gasteiger partial charge in [0.2, 0.25) is 0 Å². The lowest BCUT2D eigenvalue weighted by Crippen LogP contribution is -2.38. The molecule has 0 amide bonds. The molecular weight excluding hydrogens is 467 g/mol. The van der Waals surface area contributed by atoms with Crippen molar-refractivity contribution in [2.75, 3.05) is 20.7 Å². The highest BCUT2D eigenvalue weighted by molar-refractivity contribution is 14.0. The molecule has 0 radical (unpaired) electrons. The molecule has 1 aromatic carbocycles. The maximum Gasteiger partial charge on any atom is 0.191 e. The quantitative estimate of drug-likeness (QED) is 0.330. The van der Waals surface area contributed by atoms with Gasteiger partial charge in [0.25, 0.3) is 0 Å². The number of aromatic nitrogens is 1. The second-order valence-electron chi connectivity index (χ2n) is 6.78. The van der Waals surface area contributed by atoms with Gasteiger partial charge in [0.1, 0.15) is 0 Å². The van der Waals surface area contributed by atoms with Gasteiger partial charge in [-0.05, 0) is 55.5 Å². The first-order valence-corrected chi connectivity index (χ1v) is 9.67. The van der Waals surface area contributed by atoms with Crippen molar-refractivity contribution in [1.82, 2.24) is 15.2 Å². The average molecular weight is 498 g/mol. The number of hydrogen-bond donors (Lipinski definition) is 2. The molecule has 0 saturated heterocycles. The van der Waals surface area contributed by atoms with Gasteiger partial charge in [-0.2, -0.15) is 0 Å². The Morgan fingerprint density at radius 3 is 2.57 bits per heavy atom. The molecule has 0 atom stereocenters. The molecule has 1 heterocycles. The number of methoxy groups -OCH3 is 1. The fourth-order valence-corrected chi connectivity index (χ4v) is 3.33. The summed E-state index contributed by atoms with van der Waals surface area (Å²) in [4.78, 5) is 4.28. The summed E-state index contributed by atoms with van der Waals surface area (Å²) in [6.45, 7) is 2.38. The summed E-state index contributed by atoms with van der Waals surface area (Å²) in [5.41, 5.74) is 1.12. The van der Waals surface area contributed by atoms with Crippen molar-refractivity contribution in [3.63, 3.8) is 0 Å². The van der Waals surface area contributed by atoms with Crippen LogP contribution in [0.5, 0.6) is 11.5 Å². The summed E-state index contributed by atoms with van der Waals surface area (Å²) in [5, 5.41) is 6.67. The van der Waals surface area contributed by atoms with E-state index in [1.165, 1.54) is 12.8 Å². The van der Waals surface area contributed by atoms with Gasteiger partial charge in [0.15, 0.2) is 17.5 Å². The van der Waals surface area contributed by atoms with Crippen LogP contribution in [0.3, 0.4) is 0 Å². The SMILES string of the molecule is CN=C(NCCn1cccc1)NCc1ccc(OC2CCCC2)c(OC)c1.I. The van der Waals surface area contributed by atoms with E-state index < -0.39 is 0 Å². The van der Waals surface area contributed by atoms with Crippen molar-refractivity contribution in [3.05, 3.63) is 48.3 Å². The molecule has 6 nitrogen and oxygen atoms in total. The molecule has 28 heavy (non-hydrogen) atoms. The molecule has 1 saturated carbocycles. The first kappa shape index (κ1) is 22.4. The predicted molar refractivity (Wildman–Crippen MR) is 124 cm³/mol. The van der Waals surface area contributed by atoms with E-state index in [0.29, 0.717) is 12.6 Å². The highest BCUT2D eigenvalue weighted by Gasteiger charge is 2.18. The smallest absolute Gasteiger partial charge is 0.191 e. The van der Waals surface area contributed by atoms with E-state index in [2.05, 4.69) is 38.7 Å². The van der Waals surface area contributed by atoms with Crippen molar-refractivity contribution in [2.45, 2.75) is 44.9 Å². The molecule has 3 rings (SSSR count). The third-order valence-electron chi connectivity index (χ3n) is 4.84. The lowest BCUT2D eigenvalue weighted by atomic mass is 10.2. The molecule has 0 bridgehead atoms. The van der Waals surface area contributed by atoms with Crippen LogP contribution in [0.15, 0.2) is 47.7 Å². The number of rotatable bonds is 8. The largest absolute Gasteiger partial charge is 0.493 e. The molecule has 1 aliphatic carbocycles. The van der Waals surface area contributed by atoms with E-state index >= 15 is 0 Å². The summed E-state index contributed by atoms with van der Waals surface area (Å²) in [6, 6.07) is 10.2. The summed E-state index contributed by atoms with van der Waals surface area (Å²) in [5.74, 6) is 2.41. The first-order chi connectivity index (χ1) is 13.3. The van der Waals surface area contributed by atoms with Crippen LogP contribution in [0, 0.1) is 0 Å². The molecule has 0 spiro atoms. The zero-order valence-electron chi connectivity index (χ0n) is 16.7. The van der Waals surface area contributed by atoms with Crippen LogP contribution in [-0.2, 0) is 13.1 Å². The van der Waals surface area contributed by atoms with Crippen molar-refractivity contribution in [1.29, 1.82) is 0 Å². The number of hydrogen-bond acceptors (Lipinski definition) is 3. The van der Waals surface area contributed by atoms with Crippen LogP contribution >= 0.6 is 24.0 Å². The average Bonchev–Trinajstić information content (AvgIpc) is 3.39. The molecule has 0 unspecified atom stereocenters. The molecule has 0 aliphatic heterocycles. The van der Waals surface area contributed by atoms with E-state index in [0.717, 1.165) is 49.0 Å². The van der Waals surface area contributed by atoms with Crippen molar-refractivity contribution in [3.8, 4) is 11.5 Å². The summed E-state index contributed by atoms with van der Waals surface area (Å²) in [6.07, 6.45) is 9.22. The lowest BCUT2D eigenvalue weighted by molar-refractivity contribution is 0.200. The van der Waals surface area contributed by atoms with Crippen LogP contribution < -0.4 is 20.1 Å². The van der Waals surface area contributed by atoms with Gasteiger partial charge in [-0.3, -0.25) is 4.99 Å². The second kappa shape index (κ2) is 11.8. The third kappa shape index (κ3) is 6.61. The lowest BCUT2D eigenvalue weighted by Gasteiger charge is -2.17. The number of benzene rings is 1. The Morgan fingerprint density at radius 2 is 1.89 bits per heavy atom. The van der Waals surface area contributed by atoms with Crippen LogP contribution in [0.4, 0.5) is 0 Å². The number of ether oxygens (including phenoxy) is 2. The highest BCUT2D eigenvalue weighted by Crippen LogP contribution is 2.32. The maximum absolute atomic E-state index is 6.10. The van der Waals surface area contributed by atoms with E-state index in [4.69, 9.17) is 9.47 Å². The Labute approximate surface area is 184 Å². The van der Waals surface area contributed by atoms with Gasteiger partial charge in [-0.15, -0.1) is 24.0 Å². The Bertz CT molecular complexity index is 728. The minimum absolute atomic E-state index is 0. The van der Waals surface area contributed by atoms with Crippen molar-refractivity contribution < 1.29 is 9.47 Å². The van der Waals surface area contributed by atoms with Gasteiger partial charge < -0.3 is 24.7 Å². The molecule has 1 fully saturated rings.